The number of hydrogen-bond donors (Lipinski definition) is 1. The van der Waals surface area contributed by atoms with Crippen molar-refractivity contribution in [1.82, 2.24) is 4.57 Å². The van der Waals surface area contributed by atoms with Crippen LogP contribution in [0.15, 0.2) is 41.9 Å². The number of aliphatic carboxylic acids is 1. The van der Waals surface area contributed by atoms with Crippen LogP contribution >= 0.6 is 34.5 Å². The Morgan fingerprint density at radius 2 is 2.00 bits per heavy atom. The molecule has 4 rings (SSSR count). The van der Waals surface area contributed by atoms with Crippen molar-refractivity contribution in [1.29, 1.82) is 0 Å². The maximum absolute atomic E-state index is 11.2. The molecule has 7 heteroatoms. The highest BCUT2D eigenvalue weighted by Gasteiger charge is 2.15. The van der Waals surface area contributed by atoms with Gasteiger partial charge in [0.15, 0.2) is 0 Å². The molecule has 0 unspecified atom stereocenters. The SMILES string of the molecule is Bc1ccc2c(CC(=O)O)cn(Cc3csc4cc(Cl)cc(Cl)c34)c2c1. The van der Waals surface area contributed by atoms with Gasteiger partial charge in [0.2, 0.25) is 0 Å². The van der Waals surface area contributed by atoms with Crippen LogP contribution in [0.25, 0.3) is 21.0 Å². The number of halogens is 2. The molecule has 2 heterocycles. The number of aromatic nitrogens is 1. The third kappa shape index (κ3) is 3.11. The Labute approximate surface area is 165 Å². The van der Waals surface area contributed by atoms with E-state index in [-0.39, 0.29) is 6.42 Å². The number of benzene rings is 2. The van der Waals surface area contributed by atoms with Crippen LogP contribution in [0.4, 0.5) is 0 Å². The summed E-state index contributed by atoms with van der Waals surface area (Å²) in [4.78, 5) is 11.2. The van der Waals surface area contributed by atoms with E-state index in [2.05, 4.69) is 16.0 Å². The molecule has 0 fully saturated rings. The zero-order chi connectivity index (χ0) is 18.4. The lowest BCUT2D eigenvalue weighted by Gasteiger charge is -2.07. The fourth-order valence-electron chi connectivity index (χ4n) is 3.36. The van der Waals surface area contributed by atoms with Crippen LogP contribution in [0.5, 0.6) is 0 Å². The maximum atomic E-state index is 11.2. The molecule has 0 radical (unpaired) electrons. The third-order valence-electron chi connectivity index (χ3n) is 4.47. The topological polar surface area (TPSA) is 42.2 Å². The molecular weight excluding hydrogens is 388 g/mol. The lowest BCUT2D eigenvalue weighted by Crippen LogP contribution is -2.03. The molecule has 26 heavy (non-hydrogen) atoms. The van der Waals surface area contributed by atoms with Crippen LogP contribution in [0.1, 0.15) is 11.1 Å². The zero-order valence-electron chi connectivity index (χ0n) is 13.9. The fourth-order valence-corrected chi connectivity index (χ4v) is 5.11. The molecule has 0 spiro atoms. The van der Waals surface area contributed by atoms with Gasteiger partial charge in [-0.2, -0.15) is 0 Å². The number of fused-ring (bicyclic) bond motifs is 2. The van der Waals surface area contributed by atoms with Crippen LogP contribution in [0, 0.1) is 0 Å². The average Bonchev–Trinajstić information content (AvgIpc) is 3.09. The second kappa shape index (κ2) is 6.65. The Bertz CT molecular complexity index is 1170. The predicted octanol–water partition coefficient (Wildman–Crippen LogP) is 4.10. The number of rotatable bonds is 4. The highest BCUT2D eigenvalue weighted by atomic mass is 35.5. The summed E-state index contributed by atoms with van der Waals surface area (Å²) in [5.41, 5.74) is 4.09. The van der Waals surface area contributed by atoms with Crippen LogP contribution in [-0.2, 0) is 17.8 Å². The Morgan fingerprint density at radius 3 is 2.77 bits per heavy atom. The largest absolute Gasteiger partial charge is 0.481 e. The second-order valence-electron chi connectivity index (χ2n) is 6.40. The molecule has 4 aromatic rings. The van der Waals surface area contributed by atoms with E-state index < -0.39 is 5.97 Å². The summed E-state index contributed by atoms with van der Waals surface area (Å²) in [6.07, 6.45) is 1.94. The van der Waals surface area contributed by atoms with Gasteiger partial charge in [-0.1, -0.05) is 40.8 Å². The molecule has 2 aromatic heterocycles. The lowest BCUT2D eigenvalue weighted by molar-refractivity contribution is -0.136. The maximum Gasteiger partial charge on any atom is 0.307 e. The molecule has 0 aliphatic rings. The van der Waals surface area contributed by atoms with Crippen molar-refractivity contribution in [3.63, 3.8) is 0 Å². The van der Waals surface area contributed by atoms with Crippen molar-refractivity contribution in [2.45, 2.75) is 13.0 Å². The van der Waals surface area contributed by atoms with Gasteiger partial charge in [0, 0.05) is 38.8 Å². The van der Waals surface area contributed by atoms with Gasteiger partial charge >= 0.3 is 5.97 Å². The normalized spacial score (nSPS) is 11.5. The number of thiophene rings is 1. The number of hydrogen-bond acceptors (Lipinski definition) is 2. The van der Waals surface area contributed by atoms with E-state index in [9.17, 15) is 9.90 Å². The Kier molecular flexibility index (Phi) is 4.47. The van der Waals surface area contributed by atoms with Crippen LogP contribution < -0.4 is 5.46 Å². The first-order valence-corrected chi connectivity index (χ1v) is 9.71. The molecule has 3 nitrogen and oxygen atoms in total. The van der Waals surface area contributed by atoms with E-state index in [1.807, 2.05) is 32.2 Å². The van der Waals surface area contributed by atoms with Crippen molar-refractivity contribution in [2.24, 2.45) is 0 Å². The molecule has 0 saturated heterocycles. The summed E-state index contributed by atoms with van der Waals surface area (Å²) >= 11 is 14.1. The standard InChI is InChI=1S/C19H14BCl2NO2S/c20-12-1-2-14-10(3-18(24)25)7-23(16(14)4-12)8-11-9-26-17-6-13(21)5-15(22)19(11)17/h1-2,4-7,9H,3,8,20H2,(H,24,25). The number of carboxylic acid groups (broad SMARTS) is 1. The van der Waals surface area contributed by atoms with Crippen molar-refractivity contribution in [3.05, 3.63) is 63.1 Å². The van der Waals surface area contributed by atoms with Gasteiger partial charge in [-0.3, -0.25) is 4.79 Å². The molecule has 0 aliphatic carbocycles. The van der Waals surface area contributed by atoms with E-state index in [0.717, 1.165) is 37.6 Å². The minimum atomic E-state index is -0.830. The number of carbonyl (C=O) groups is 1. The van der Waals surface area contributed by atoms with Crippen molar-refractivity contribution < 1.29 is 9.90 Å². The van der Waals surface area contributed by atoms with Crippen molar-refractivity contribution in [3.8, 4) is 0 Å². The van der Waals surface area contributed by atoms with Crippen molar-refractivity contribution >= 4 is 74.8 Å². The van der Waals surface area contributed by atoms with Gasteiger partial charge in [0.25, 0.3) is 0 Å². The molecule has 2 aromatic carbocycles. The second-order valence-corrected chi connectivity index (χ2v) is 8.15. The van der Waals surface area contributed by atoms with Crippen molar-refractivity contribution in [2.75, 3.05) is 0 Å². The minimum absolute atomic E-state index is 0.00725. The molecule has 0 amide bonds. The molecule has 0 atom stereocenters. The zero-order valence-corrected chi connectivity index (χ0v) is 16.3. The van der Waals surface area contributed by atoms with E-state index in [1.54, 1.807) is 17.4 Å². The monoisotopic (exact) mass is 401 g/mol. The first kappa shape index (κ1) is 17.5. The van der Waals surface area contributed by atoms with E-state index >= 15 is 0 Å². The fraction of sp³-hybridized carbons (Fsp3) is 0.105. The summed E-state index contributed by atoms with van der Waals surface area (Å²) < 4.78 is 3.16. The van der Waals surface area contributed by atoms with E-state index in [1.165, 1.54) is 0 Å². The summed E-state index contributed by atoms with van der Waals surface area (Å²) in [5, 5.41) is 14.6. The molecular formula is C19H14BCl2NO2S. The van der Waals surface area contributed by atoms with Crippen LogP contribution in [-0.4, -0.2) is 23.5 Å². The van der Waals surface area contributed by atoms with Crippen LogP contribution in [0.2, 0.25) is 10.0 Å². The Morgan fingerprint density at radius 1 is 1.19 bits per heavy atom. The quantitative estimate of drug-likeness (QED) is 0.523. The van der Waals surface area contributed by atoms with Gasteiger partial charge in [0.05, 0.1) is 11.4 Å². The molecule has 0 bridgehead atoms. The molecule has 0 saturated carbocycles. The van der Waals surface area contributed by atoms with Gasteiger partial charge in [0.1, 0.15) is 7.85 Å². The smallest absolute Gasteiger partial charge is 0.307 e. The first-order chi connectivity index (χ1) is 12.4. The highest BCUT2D eigenvalue weighted by Crippen LogP contribution is 2.36. The molecule has 1 N–H and O–H groups in total. The summed E-state index contributed by atoms with van der Waals surface area (Å²) in [5.74, 6) is -0.830. The summed E-state index contributed by atoms with van der Waals surface area (Å²) in [7, 11) is 2.03. The summed E-state index contributed by atoms with van der Waals surface area (Å²) in [6.45, 7) is 0.626. The first-order valence-electron chi connectivity index (χ1n) is 8.07. The van der Waals surface area contributed by atoms with E-state index in [4.69, 9.17) is 23.2 Å². The summed E-state index contributed by atoms with van der Waals surface area (Å²) in [6, 6.07) is 9.78. The average molecular weight is 402 g/mol. The highest BCUT2D eigenvalue weighted by molar-refractivity contribution is 7.17. The van der Waals surface area contributed by atoms with Gasteiger partial charge in [-0.05, 0) is 34.7 Å². The molecule has 130 valence electrons. The number of nitrogens with zero attached hydrogens (tertiary/aromatic N) is 1. The molecule has 0 aliphatic heterocycles. The Balaban J connectivity index is 1.85. The lowest BCUT2D eigenvalue weighted by atomic mass is 9.94. The van der Waals surface area contributed by atoms with Gasteiger partial charge in [-0.15, -0.1) is 11.3 Å². The van der Waals surface area contributed by atoms with Crippen LogP contribution in [0.3, 0.4) is 0 Å². The predicted molar refractivity (Wildman–Crippen MR) is 112 cm³/mol. The van der Waals surface area contributed by atoms with Gasteiger partial charge in [-0.25, -0.2) is 0 Å². The minimum Gasteiger partial charge on any atom is -0.481 e. The van der Waals surface area contributed by atoms with E-state index in [0.29, 0.717) is 16.6 Å². The Hall–Kier alpha value is -1.95. The third-order valence-corrected chi connectivity index (χ3v) is 5.97. The van der Waals surface area contributed by atoms with Gasteiger partial charge < -0.3 is 9.67 Å². The number of carboxylic acids is 1.